The zero-order chi connectivity index (χ0) is 10.3. The number of carboxylic acid groups (broad SMARTS) is 1. The Morgan fingerprint density at radius 2 is 2.36 bits per heavy atom. The molecule has 14 heavy (non-hydrogen) atoms. The highest BCUT2D eigenvalue weighted by Gasteiger charge is 2.28. The molecule has 1 aromatic heterocycles. The minimum absolute atomic E-state index is 0.316. The van der Waals surface area contributed by atoms with Gasteiger partial charge in [-0.25, -0.2) is 4.79 Å². The Bertz CT molecular complexity index is 388. The van der Waals surface area contributed by atoms with E-state index in [1.54, 1.807) is 0 Å². The first kappa shape index (κ1) is 10.2. The Morgan fingerprint density at radius 1 is 1.64 bits per heavy atom. The summed E-state index contributed by atoms with van der Waals surface area (Å²) in [7, 11) is 0. The topological polar surface area (TPSA) is 63.3 Å². The van der Waals surface area contributed by atoms with Crippen molar-refractivity contribution in [3.63, 3.8) is 0 Å². The molecule has 0 amide bonds. The summed E-state index contributed by atoms with van der Waals surface area (Å²) in [5.41, 5.74) is 7.05. The molecule has 0 bridgehead atoms. The van der Waals surface area contributed by atoms with E-state index in [4.69, 9.17) is 10.8 Å². The molecule has 1 unspecified atom stereocenters. The zero-order valence-corrected chi connectivity index (χ0v) is 10.4. The second-order valence-electron chi connectivity index (χ2n) is 3.34. The molecule has 0 aliphatic heterocycles. The first-order valence-electron chi connectivity index (χ1n) is 4.39. The fourth-order valence-corrected chi connectivity index (χ4v) is 4.34. The maximum absolute atomic E-state index is 11.0. The van der Waals surface area contributed by atoms with Crippen LogP contribution < -0.4 is 5.73 Å². The number of thiophene rings is 1. The zero-order valence-electron chi connectivity index (χ0n) is 7.42. The van der Waals surface area contributed by atoms with E-state index in [1.165, 1.54) is 16.2 Å². The lowest BCUT2D eigenvalue weighted by molar-refractivity contribution is 0.0697. The molecule has 5 heteroatoms. The van der Waals surface area contributed by atoms with Crippen molar-refractivity contribution in [2.45, 2.75) is 23.2 Å². The number of hydrogen-bond donors (Lipinski definition) is 2. The monoisotopic (exact) mass is 323 g/mol. The van der Waals surface area contributed by atoms with Gasteiger partial charge in [0, 0.05) is 8.80 Å². The highest BCUT2D eigenvalue weighted by molar-refractivity contribution is 14.1. The van der Waals surface area contributed by atoms with Crippen molar-refractivity contribution in [1.29, 1.82) is 0 Å². The third-order valence-corrected chi connectivity index (χ3v) is 4.78. The SMILES string of the molecule is Nc1sc2c(c1C(=O)O)C(I)CCC2. The molecule has 3 nitrogen and oxygen atoms in total. The predicted octanol–water partition coefficient (Wildman–Crippen LogP) is 2.84. The number of fused-ring (bicyclic) bond motifs is 1. The van der Waals surface area contributed by atoms with Gasteiger partial charge in [-0.15, -0.1) is 11.3 Å². The van der Waals surface area contributed by atoms with E-state index in [-0.39, 0.29) is 0 Å². The molecule has 0 radical (unpaired) electrons. The van der Waals surface area contributed by atoms with E-state index in [2.05, 4.69) is 22.6 Å². The number of nitrogen functional groups attached to an aromatic ring is 1. The molecule has 76 valence electrons. The van der Waals surface area contributed by atoms with Crippen LogP contribution in [0.2, 0.25) is 0 Å². The predicted molar refractivity (Wildman–Crippen MR) is 65.4 cm³/mol. The molecule has 1 heterocycles. The van der Waals surface area contributed by atoms with Crippen LogP contribution in [0.4, 0.5) is 5.00 Å². The molecule has 2 rings (SSSR count). The van der Waals surface area contributed by atoms with Gasteiger partial charge in [0.2, 0.25) is 0 Å². The van der Waals surface area contributed by atoms with Crippen molar-refractivity contribution >= 4 is 44.9 Å². The summed E-state index contributed by atoms with van der Waals surface area (Å²) >= 11 is 3.75. The van der Waals surface area contributed by atoms with Crippen LogP contribution in [0, 0.1) is 0 Å². The Balaban J connectivity index is 2.59. The van der Waals surface area contributed by atoms with Gasteiger partial charge in [0.25, 0.3) is 0 Å². The fourth-order valence-electron chi connectivity index (χ4n) is 1.83. The standard InChI is InChI=1S/C9H10INO2S/c10-4-2-1-3-5-6(4)7(9(12)13)8(11)14-5/h4H,1-3,11H2,(H,12,13). The average molecular weight is 323 g/mol. The van der Waals surface area contributed by atoms with Gasteiger partial charge >= 0.3 is 5.97 Å². The number of carbonyl (C=O) groups is 1. The first-order chi connectivity index (χ1) is 6.61. The lowest BCUT2D eigenvalue weighted by Gasteiger charge is -2.17. The van der Waals surface area contributed by atoms with Crippen LogP contribution in [-0.4, -0.2) is 11.1 Å². The highest BCUT2D eigenvalue weighted by atomic mass is 127. The fraction of sp³-hybridized carbons (Fsp3) is 0.444. The number of aromatic carboxylic acids is 1. The molecule has 1 aliphatic rings. The maximum Gasteiger partial charge on any atom is 0.339 e. The van der Waals surface area contributed by atoms with Crippen molar-refractivity contribution in [1.82, 2.24) is 0 Å². The average Bonchev–Trinajstić information content (AvgIpc) is 2.42. The van der Waals surface area contributed by atoms with Crippen molar-refractivity contribution in [2.75, 3.05) is 5.73 Å². The Morgan fingerprint density at radius 3 is 3.00 bits per heavy atom. The minimum atomic E-state index is -0.886. The van der Waals surface area contributed by atoms with Gasteiger partial charge in [-0.2, -0.15) is 0 Å². The Labute approximate surface area is 99.4 Å². The number of hydrogen-bond acceptors (Lipinski definition) is 3. The van der Waals surface area contributed by atoms with E-state index in [0.29, 0.717) is 14.5 Å². The molecule has 0 spiro atoms. The molecule has 1 aliphatic carbocycles. The number of carboxylic acids is 1. The minimum Gasteiger partial charge on any atom is -0.478 e. The van der Waals surface area contributed by atoms with E-state index < -0.39 is 5.97 Å². The smallest absolute Gasteiger partial charge is 0.339 e. The third-order valence-electron chi connectivity index (χ3n) is 2.44. The van der Waals surface area contributed by atoms with Crippen LogP contribution >= 0.6 is 33.9 Å². The summed E-state index contributed by atoms with van der Waals surface area (Å²) in [6.45, 7) is 0. The summed E-state index contributed by atoms with van der Waals surface area (Å²) in [6.07, 6.45) is 3.18. The van der Waals surface area contributed by atoms with Crippen LogP contribution in [0.1, 0.15) is 37.6 Å². The number of aryl methyl sites for hydroxylation is 1. The van der Waals surface area contributed by atoms with E-state index in [0.717, 1.165) is 24.8 Å². The van der Waals surface area contributed by atoms with Gasteiger partial charge in [0.1, 0.15) is 5.00 Å². The summed E-state index contributed by atoms with van der Waals surface area (Å²) in [5, 5.41) is 9.52. The second kappa shape index (κ2) is 3.69. The lowest BCUT2D eigenvalue weighted by Crippen LogP contribution is -2.08. The Kier molecular flexibility index (Phi) is 2.70. The van der Waals surface area contributed by atoms with Gasteiger partial charge in [-0.05, 0) is 24.8 Å². The van der Waals surface area contributed by atoms with E-state index in [1.807, 2.05) is 0 Å². The molecule has 0 saturated carbocycles. The molecule has 0 aromatic carbocycles. The van der Waals surface area contributed by atoms with Crippen LogP contribution in [0.25, 0.3) is 0 Å². The van der Waals surface area contributed by atoms with Gasteiger partial charge in [-0.1, -0.05) is 22.6 Å². The lowest BCUT2D eigenvalue weighted by atomic mass is 9.95. The molecule has 1 aromatic rings. The molecular weight excluding hydrogens is 313 g/mol. The number of alkyl halides is 1. The Hall–Kier alpha value is -0.300. The van der Waals surface area contributed by atoms with Crippen molar-refractivity contribution in [3.05, 3.63) is 16.0 Å². The number of nitrogens with two attached hydrogens (primary N) is 1. The van der Waals surface area contributed by atoms with Crippen LogP contribution in [-0.2, 0) is 6.42 Å². The molecule has 0 saturated heterocycles. The molecule has 0 fully saturated rings. The van der Waals surface area contributed by atoms with Crippen molar-refractivity contribution in [3.8, 4) is 0 Å². The molecule has 1 atom stereocenters. The van der Waals surface area contributed by atoms with E-state index >= 15 is 0 Å². The number of halogens is 1. The third kappa shape index (κ3) is 1.52. The second-order valence-corrected chi connectivity index (χ2v) is 5.98. The van der Waals surface area contributed by atoms with Crippen LogP contribution in [0.15, 0.2) is 0 Å². The summed E-state index contributed by atoms with van der Waals surface area (Å²) in [6, 6.07) is 0. The van der Waals surface area contributed by atoms with Gasteiger partial charge < -0.3 is 10.8 Å². The summed E-state index contributed by atoms with van der Waals surface area (Å²) in [4.78, 5) is 12.2. The van der Waals surface area contributed by atoms with Crippen molar-refractivity contribution < 1.29 is 9.90 Å². The molecular formula is C9H10INO2S. The first-order valence-corrected chi connectivity index (χ1v) is 6.46. The largest absolute Gasteiger partial charge is 0.478 e. The van der Waals surface area contributed by atoms with Crippen LogP contribution in [0.5, 0.6) is 0 Å². The number of rotatable bonds is 1. The van der Waals surface area contributed by atoms with Crippen molar-refractivity contribution in [2.24, 2.45) is 0 Å². The quantitative estimate of drug-likeness (QED) is 0.617. The van der Waals surface area contributed by atoms with Gasteiger partial charge in [0.05, 0.1) is 5.56 Å². The van der Waals surface area contributed by atoms with Crippen LogP contribution in [0.3, 0.4) is 0 Å². The van der Waals surface area contributed by atoms with Gasteiger partial charge in [0.15, 0.2) is 0 Å². The summed E-state index contributed by atoms with van der Waals surface area (Å²) in [5.74, 6) is -0.886. The molecule has 3 N–H and O–H groups in total. The normalized spacial score (nSPS) is 20.5. The highest BCUT2D eigenvalue weighted by Crippen LogP contribution is 2.45. The van der Waals surface area contributed by atoms with E-state index in [9.17, 15) is 4.79 Å². The number of anilines is 1. The maximum atomic E-state index is 11.0. The van der Waals surface area contributed by atoms with Gasteiger partial charge in [-0.3, -0.25) is 0 Å². The summed E-state index contributed by atoms with van der Waals surface area (Å²) < 4.78 is 0.316.